The number of nitriles is 1. The molecule has 0 amide bonds. The maximum Gasteiger partial charge on any atom is 0.126 e. The lowest BCUT2D eigenvalue weighted by molar-refractivity contribution is 0.258. The zero-order valence-electron chi connectivity index (χ0n) is 10.6. The molecule has 1 unspecified atom stereocenters. The van der Waals surface area contributed by atoms with Crippen molar-refractivity contribution < 1.29 is 4.74 Å². The maximum atomic E-state index is 8.87. The Bertz CT molecular complexity index is 552. The number of rotatable bonds is 4. The first-order valence-corrected chi connectivity index (χ1v) is 6.16. The third kappa shape index (κ3) is 3.84. The molecule has 3 heteroatoms. The molecule has 0 fully saturated rings. The summed E-state index contributed by atoms with van der Waals surface area (Å²) >= 11 is 0. The summed E-state index contributed by atoms with van der Waals surface area (Å²) in [5, 5.41) is 8.87. The summed E-state index contributed by atoms with van der Waals surface area (Å²) < 4.78 is 5.57. The summed E-state index contributed by atoms with van der Waals surface area (Å²) in [7, 11) is 0. The first-order chi connectivity index (χ1) is 9.22. The van der Waals surface area contributed by atoms with Gasteiger partial charge in [-0.25, -0.2) is 0 Å². The van der Waals surface area contributed by atoms with Gasteiger partial charge in [0.25, 0.3) is 0 Å². The van der Waals surface area contributed by atoms with E-state index in [-0.39, 0.29) is 0 Å². The molecule has 96 valence electrons. The minimum Gasteiger partial charge on any atom is -0.490 e. The summed E-state index contributed by atoms with van der Waals surface area (Å²) in [5.41, 5.74) is 6.05. The zero-order valence-corrected chi connectivity index (χ0v) is 10.6. The molecule has 3 nitrogen and oxygen atoms in total. The van der Waals surface area contributed by atoms with Gasteiger partial charge in [0.2, 0.25) is 0 Å². The molecule has 0 saturated carbocycles. The van der Waals surface area contributed by atoms with E-state index in [1.807, 2.05) is 48.6 Å². The van der Waals surface area contributed by atoms with E-state index in [0.29, 0.717) is 13.0 Å². The Balaban J connectivity index is 1.81. The normalized spacial score (nSPS) is 22.0. The molecule has 1 aromatic carbocycles. The molecule has 2 N–H and O–H groups in total. The number of hydrogen-bond donors (Lipinski definition) is 1. The third-order valence-corrected chi connectivity index (χ3v) is 2.85. The smallest absolute Gasteiger partial charge is 0.126 e. The lowest BCUT2D eigenvalue weighted by atomic mass is 9.94. The molecule has 0 aromatic heterocycles. The van der Waals surface area contributed by atoms with Crippen molar-refractivity contribution in [1.82, 2.24) is 0 Å². The summed E-state index contributed by atoms with van der Waals surface area (Å²) in [6.45, 7) is 0.495. The van der Waals surface area contributed by atoms with Gasteiger partial charge in [0, 0.05) is 6.42 Å². The van der Waals surface area contributed by atoms with E-state index in [9.17, 15) is 0 Å². The van der Waals surface area contributed by atoms with Gasteiger partial charge in [-0.15, -0.1) is 0 Å². The average Bonchev–Trinajstić information content (AvgIpc) is 2.47. The van der Waals surface area contributed by atoms with Crippen molar-refractivity contribution >= 4 is 6.08 Å². The van der Waals surface area contributed by atoms with Gasteiger partial charge in [0.1, 0.15) is 17.9 Å². The predicted octanol–water partition coefficient (Wildman–Crippen LogP) is 2.78. The second kappa shape index (κ2) is 6.03. The van der Waals surface area contributed by atoms with Crippen molar-refractivity contribution in [3.05, 3.63) is 66.0 Å². The molecule has 0 aliphatic heterocycles. The topological polar surface area (TPSA) is 59.0 Å². The Morgan fingerprint density at radius 3 is 2.79 bits per heavy atom. The van der Waals surface area contributed by atoms with Crippen molar-refractivity contribution in [3.63, 3.8) is 0 Å². The molecule has 0 bridgehead atoms. The molecule has 1 aliphatic rings. The van der Waals surface area contributed by atoms with Crippen LogP contribution in [0.3, 0.4) is 0 Å². The van der Waals surface area contributed by atoms with Crippen molar-refractivity contribution in [3.8, 4) is 6.07 Å². The summed E-state index contributed by atoms with van der Waals surface area (Å²) in [5.74, 6) is 0.758. The van der Waals surface area contributed by atoms with E-state index in [1.165, 1.54) is 0 Å². The van der Waals surface area contributed by atoms with Crippen LogP contribution in [0.15, 0.2) is 60.4 Å². The highest BCUT2D eigenvalue weighted by Gasteiger charge is 2.22. The van der Waals surface area contributed by atoms with E-state index in [0.717, 1.165) is 11.3 Å². The van der Waals surface area contributed by atoms with Crippen molar-refractivity contribution in [2.24, 2.45) is 5.73 Å². The fourth-order valence-corrected chi connectivity index (χ4v) is 1.72. The quantitative estimate of drug-likeness (QED) is 0.896. The molecule has 1 aliphatic carbocycles. The SMILES string of the molecule is N#CC1(N)C=CC(OCC=Cc2ccccc2)=CC1. The second-order valence-corrected chi connectivity index (χ2v) is 4.42. The second-order valence-electron chi connectivity index (χ2n) is 4.42. The van der Waals surface area contributed by atoms with Gasteiger partial charge in [-0.05, 0) is 29.9 Å². The number of allylic oxidation sites excluding steroid dienone is 1. The number of nitrogens with zero attached hydrogens (tertiary/aromatic N) is 1. The van der Waals surface area contributed by atoms with Crippen molar-refractivity contribution in [1.29, 1.82) is 5.26 Å². The van der Waals surface area contributed by atoms with Gasteiger partial charge < -0.3 is 10.5 Å². The Kier molecular flexibility index (Phi) is 4.17. The van der Waals surface area contributed by atoms with Crippen LogP contribution < -0.4 is 5.73 Å². The molecule has 2 rings (SSSR count). The minimum atomic E-state index is -0.882. The summed E-state index contributed by atoms with van der Waals surface area (Å²) in [6, 6.07) is 12.1. The highest BCUT2D eigenvalue weighted by atomic mass is 16.5. The van der Waals surface area contributed by atoms with Crippen LogP contribution in [0.2, 0.25) is 0 Å². The lowest BCUT2D eigenvalue weighted by Gasteiger charge is -2.19. The van der Waals surface area contributed by atoms with E-state index >= 15 is 0 Å². The number of benzene rings is 1. The Hall–Kier alpha value is -2.31. The van der Waals surface area contributed by atoms with E-state index in [2.05, 4.69) is 6.07 Å². The van der Waals surface area contributed by atoms with Crippen LogP contribution in [0.5, 0.6) is 0 Å². The van der Waals surface area contributed by atoms with Crippen LogP contribution in [-0.2, 0) is 4.74 Å². The Labute approximate surface area is 113 Å². The molecule has 0 saturated heterocycles. The van der Waals surface area contributed by atoms with Crippen LogP contribution in [-0.4, -0.2) is 12.1 Å². The molecular formula is C16H16N2O. The van der Waals surface area contributed by atoms with E-state index in [4.69, 9.17) is 15.7 Å². The summed E-state index contributed by atoms with van der Waals surface area (Å²) in [4.78, 5) is 0. The van der Waals surface area contributed by atoms with Gasteiger partial charge >= 0.3 is 0 Å². The van der Waals surface area contributed by atoms with Gasteiger partial charge in [-0.2, -0.15) is 5.26 Å². The number of ether oxygens (including phenoxy) is 1. The average molecular weight is 252 g/mol. The van der Waals surface area contributed by atoms with Crippen LogP contribution >= 0.6 is 0 Å². The van der Waals surface area contributed by atoms with Crippen LogP contribution in [0.4, 0.5) is 0 Å². The molecule has 1 atom stereocenters. The Morgan fingerprint density at radius 2 is 2.16 bits per heavy atom. The molecule has 19 heavy (non-hydrogen) atoms. The van der Waals surface area contributed by atoms with Gasteiger partial charge in [-0.1, -0.05) is 36.4 Å². The lowest BCUT2D eigenvalue weighted by Crippen LogP contribution is -2.36. The van der Waals surface area contributed by atoms with Crippen LogP contribution in [0.25, 0.3) is 6.08 Å². The Morgan fingerprint density at radius 1 is 1.37 bits per heavy atom. The minimum absolute atomic E-state index is 0.484. The fraction of sp³-hybridized carbons (Fsp3) is 0.188. The molecule has 0 heterocycles. The van der Waals surface area contributed by atoms with E-state index in [1.54, 1.807) is 12.2 Å². The highest BCUT2D eigenvalue weighted by molar-refractivity contribution is 5.48. The van der Waals surface area contributed by atoms with Gasteiger partial charge in [-0.3, -0.25) is 0 Å². The molecule has 1 aromatic rings. The van der Waals surface area contributed by atoms with Crippen molar-refractivity contribution in [2.45, 2.75) is 12.0 Å². The van der Waals surface area contributed by atoms with E-state index < -0.39 is 5.54 Å². The van der Waals surface area contributed by atoms with Gasteiger partial charge in [0.15, 0.2) is 0 Å². The first-order valence-electron chi connectivity index (χ1n) is 6.16. The van der Waals surface area contributed by atoms with Gasteiger partial charge in [0.05, 0.1) is 6.07 Å². The standard InChI is InChI=1S/C16H16N2O/c17-13-16(18)10-8-15(9-11-16)19-12-4-7-14-5-2-1-3-6-14/h1-10H,11-12,18H2. The van der Waals surface area contributed by atoms with Crippen LogP contribution in [0.1, 0.15) is 12.0 Å². The molecule has 0 spiro atoms. The maximum absolute atomic E-state index is 8.87. The highest BCUT2D eigenvalue weighted by Crippen LogP contribution is 2.18. The van der Waals surface area contributed by atoms with Crippen molar-refractivity contribution in [2.75, 3.05) is 6.61 Å². The third-order valence-electron chi connectivity index (χ3n) is 2.85. The predicted molar refractivity (Wildman–Crippen MR) is 75.8 cm³/mol. The van der Waals surface area contributed by atoms with Crippen LogP contribution in [0, 0.1) is 11.3 Å². The largest absolute Gasteiger partial charge is 0.490 e. The summed E-state index contributed by atoms with van der Waals surface area (Å²) in [6.07, 6.45) is 9.73. The number of nitrogens with two attached hydrogens (primary N) is 1. The number of hydrogen-bond acceptors (Lipinski definition) is 3. The molecular weight excluding hydrogens is 236 g/mol. The zero-order chi connectivity index (χ0) is 13.6. The molecule has 0 radical (unpaired) electrons. The fourth-order valence-electron chi connectivity index (χ4n) is 1.72. The first kappa shape index (κ1) is 13.1. The monoisotopic (exact) mass is 252 g/mol.